The summed E-state index contributed by atoms with van der Waals surface area (Å²) in [6.07, 6.45) is 1.51. The van der Waals surface area contributed by atoms with Gasteiger partial charge in [-0.05, 0) is 42.0 Å². The van der Waals surface area contributed by atoms with Crippen LogP contribution in [-0.2, 0) is 6.54 Å². The van der Waals surface area contributed by atoms with Crippen LogP contribution < -0.4 is 5.56 Å². The molecule has 0 aliphatic carbocycles. The number of H-pyrrole nitrogens is 1. The zero-order valence-electron chi connectivity index (χ0n) is 12.9. The molecule has 0 radical (unpaired) electrons. The van der Waals surface area contributed by atoms with E-state index in [0.717, 1.165) is 5.56 Å². The number of hydrogen-bond acceptors (Lipinski definition) is 4. The number of aromatic nitrogens is 5. The first-order valence-corrected chi connectivity index (χ1v) is 7.91. The van der Waals surface area contributed by atoms with Crippen molar-refractivity contribution >= 4 is 23.1 Å². The predicted molar refractivity (Wildman–Crippen MR) is 93.8 cm³/mol. The van der Waals surface area contributed by atoms with Gasteiger partial charge in [0, 0.05) is 0 Å². The monoisotopic (exact) mass is 353 g/mol. The Hall–Kier alpha value is -3.13. The highest BCUT2D eigenvalue weighted by molar-refractivity contribution is 7.71. The number of nitrogens with one attached hydrogen (secondary N) is 1. The van der Waals surface area contributed by atoms with Crippen molar-refractivity contribution in [2.75, 3.05) is 0 Å². The lowest BCUT2D eigenvalue weighted by Gasteiger charge is -2.04. The van der Waals surface area contributed by atoms with Crippen molar-refractivity contribution in [1.82, 2.24) is 24.3 Å². The van der Waals surface area contributed by atoms with Gasteiger partial charge in [-0.2, -0.15) is 4.98 Å². The number of benzene rings is 2. The quantitative estimate of drug-likeness (QED) is 0.575. The highest BCUT2D eigenvalue weighted by Crippen LogP contribution is 2.09. The standard InChI is InChI=1S/C17H12FN5OS/c18-12-7-5-11(6-8-12)9-22-10-19-16(21-22)23-15(24)13-3-1-2-4-14(13)20-17(23)25/h1-8,10H,9H2,(H,20,25). The van der Waals surface area contributed by atoms with Crippen LogP contribution in [0.15, 0.2) is 59.7 Å². The Morgan fingerprint density at radius 3 is 2.68 bits per heavy atom. The van der Waals surface area contributed by atoms with E-state index in [-0.39, 0.29) is 22.1 Å². The van der Waals surface area contributed by atoms with Crippen molar-refractivity contribution in [2.45, 2.75) is 6.54 Å². The second kappa shape index (κ2) is 6.06. The lowest BCUT2D eigenvalue weighted by atomic mass is 10.2. The molecule has 0 atom stereocenters. The van der Waals surface area contributed by atoms with Crippen molar-refractivity contribution in [3.63, 3.8) is 0 Å². The maximum atomic E-state index is 13.0. The zero-order valence-corrected chi connectivity index (χ0v) is 13.7. The molecule has 0 amide bonds. The third-order valence-electron chi connectivity index (χ3n) is 3.79. The van der Waals surface area contributed by atoms with Crippen molar-refractivity contribution in [1.29, 1.82) is 0 Å². The molecule has 0 bridgehead atoms. The van der Waals surface area contributed by atoms with Gasteiger partial charge in [0.15, 0.2) is 4.77 Å². The van der Waals surface area contributed by atoms with Gasteiger partial charge >= 0.3 is 0 Å². The van der Waals surface area contributed by atoms with E-state index < -0.39 is 0 Å². The number of fused-ring (bicyclic) bond motifs is 1. The molecular weight excluding hydrogens is 341 g/mol. The van der Waals surface area contributed by atoms with E-state index >= 15 is 0 Å². The first-order chi connectivity index (χ1) is 12.1. The fourth-order valence-corrected chi connectivity index (χ4v) is 2.86. The van der Waals surface area contributed by atoms with Crippen molar-refractivity contribution in [3.8, 4) is 5.95 Å². The molecular formula is C17H12FN5OS. The Balaban J connectivity index is 1.75. The maximum Gasteiger partial charge on any atom is 0.269 e. The molecule has 0 fully saturated rings. The Kier molecular flexibility index (Phi) is 3.73. The average Bonchev–Trinajstić information content (AvgIpc) is 3.05. The van der Waals surface area contributed by atoms with Crippen LogP contribution in [0.4, 0.5) is 4.39 Å². The summed E-state index contributed by atoms with van der Waals surface area (Å²) >= 11 is 5.28. The zero-order chi connectivity index (χ0) is 17.4. The molecule has 0 aliphatic rings. The molecule has 0 saturated heterocycles. The lowest BCUT2D eigenvalue weighted by molar-refractivity contribution is 0.624. The van der Waals surface area contributed by atoms with Crippen molar-refractivity contribution < 1.29 is 4.39 Å². The van der Waals surface area contributed by atoms with Gasteiger partial charge in [-0.15, -0.1) is 5.10 Å². The van der Waals surface area contributed by atoms with Crippen LogP contribution in [0, 0.1) is 10.6 Å². The smallest absolute Gasteiger partial charge is 0.269 e. The summed E-state index contributed by atoms with van der Waals surface area (Å²) in [6.45, 7) is 0.409. The van der Waals surface area contributed by atoms with Gasteiger partial charge in [-0.1, -0.05) is 24.3 Å². The van der Waals surface area contributed by atoms with Crippen LogP contribution in [0.5, 0.6) is 0 Å². The summed E-state index contributed by atoms with van der Waals surface area (Å²) in [5.41, 5.74) is 1.26. The minimum absolute atomic E-state index is 0.194. The van der Waals surface area contributed by atoms with Crippen LogP contribution in [0.2, 0.25) is 0 Å². The third kappa shape index (κ3) is 2.87. The fraction of sp³-hybridized carbons (Fsp3) is 0.0588. The summed E-state index contributed by atoms with van der Waals surface area (Å²) in [7, 11) is 0. The SMILES string of the molecule is O=c1c2ccccc2[nH]c(=S)n1-c1ncn(Cc2ccc(F)cc2)n1. The van der Waals surface area contributed by atoms with Gasteiger partial charge in [-0.25, -0.2) is 13.6 Å². The molecule has 25 heavy (non-hydrogen) atoms. The summed E-state index contributed by atoms with van der Waals surface area (Å²) in [4.78, 5) is 19.9. The van der Waals surface area contributed by atoms with Gasteiger partial charge < -0.3 is 4.98 Å². The highest BCUT2D eigenvalue weighted by atomic mass is 32.1. The average molecular weight is 353 g/mol. The maximum absolute atomic E-state index is 13.0. The van der Waals surface area contributed by atoms with Crippen molar-refractivity contribution in [2.24, 2.45) is 0 Å². The number of nitrogens with zero attached hydrogens (tertiary/aromatic N) is 4. The third-order valence-corrected chi connectivity index (χ3v) is 4.07. The summed E-state index contributed by atoms with van der Waals surface area (Å²) < 4.78 is 16.0. The molecule has 0 spiro atoms. The van der Waals surface area contributed by atoms with Gasteiger partial charge in [-0.3, -0.25) is 4.79 Å². The molecule has 4 rings (SSSR count). The topological polar surface area (TPSA) is 68.5 Å². The molecule has 0 saturated carbocycles. The molecule has 6 nitrogen and oxygen atoms in total. The number of halogens is 1. The molecule has 0 aliphatic heterocycles. The van der Waals surface area contributed by atoms with Gasteiger partial charge in [0.2, 0.25) is 0 Å². The van der Waals surface area contributed by atoms with E-state index in [1.165, 1.54) is 23.0 Å². The fourth-order valence-electron chi connectivity index (χ4n) is 2.58. The Labute approximate surface area is 146 Å². The minimum Gasteiger partial charge on any atom is -0.331 e. The van der Waals surface area contributed by atoms with Crippen LogP contribution in [0.25, 0.3) is 16.9 Å². The minimum atomic E-state index is -0.294. The molecule has 2 heterocycles. The van der Waals surface area contributed by atoms with E-state index in [4.69, 9.17) is 12.2 Å². The van der Waals surface area contributed by atoms with E-state index in [0.29, 0.717) is 17.4 Å². The molecule has 124 valence electrons. The lowest BCUT2D eigenvalue weighted by Crippen LogP contribution is -2.21. The Morgan fingerprint density at radius 1 is 1.12 bits per heavy atom. The highest BCUT2D eigenvalue weighted by Gasteiger charge is 2.11. The molecule has 2 aromatic carbocycles. The van der Waals surface area contributed by atoms with E-state index in [2.05, 4.69) is 15.1 Å². The van der Waals surface area contributed by atoms with Crippen molar-refractivity contribution in [3.05, 3.63) is 81.4 Å². The van der Waals surface area contributed by atoms with Crippen LogP contribution in [0.3, 0.4) is 0 Å². The summed E-state index contributed by atoms with van der Waals surface area (Å²) in [5, 5.41) is 4.82. The van der Waals surface area contributed by atoms with Gasteiger partial charge in [0.1, 0.15) is 12.1 Å². The molecule has 1 N–H and O–H groups in total. The number of aromatic amines is 1. The largest absolute Gasteiger partial charge is 0.331 e. The number of hydrogen-bond donors (Lipinski definition) is 1. The van der Waals surface area contributed by atoms with E-state index in [9.17, 15) is 9.18 Å². The Morgan fingerprint density at radius 2 is 1.88 bits per heavy atom. The molecule has 0 unspecified atom stereocenters. The second-order valence-corrected chi connectivity index (χ2v) is 5.87. The summed E-state index contributed by atoms with van der Waals surface area (Å²) in [5.74, 6) is -0.101. The van der Waals surface area contributed by atoms with Crippen LogP contribution in [0.1, 0.15) is 5.56 Å². The molecule has 4 aromatic rings. The second-order valence-electron chi connectivity index (χ2n) is 5.48. The molecule has 8 heteroatoms. The first kappa shape index (κ1) is 15.4. The molecule has 2 aromatic heterocycles. The van der Waals surface area contributed by atoms with Crippen LogP contribution in [-0.4, -0.2) is 24.3 Å². The Bertz CT molecular complexity index is 1180. The van der Waals surface area contributed by atoms with E-state index in [1.54, 1.807) is 35.0 Å². The number of rotatable bonds is 3. The van der Waals surface area contributed by atoms with Gasteiger partial charge in [0.25, 0.3) is 11.5 Å². The predicted octanol–water partition coefficient (Wildman–Crippen LogP) is 2.83. The van der Waals surface area contributed by atoms with E-state index in [1.807, 2.05) is 6.07 Å². The van der Waals surface area contributed by atoms with Gasteiger partial charge in [0.05, 0.1) is 17.4 Å². The normalized spacial score (nSPS) is 11.1. The summed E-state index contributed by atoms with van der Waals surface area (Å²) in [6, 6.07) is 13.2. The number of para-hydroxylation sites is 1. The van der Waals surface area contributed by atoms with Crippen LogP contribution >= 0.6 is 12.2 Å². The first-order valence-electron chi connectivity index (χ1n) is 7.50.